The van der Waals surface area contributed by atoms with Gasteiger partial charge in [-0.15, -0.1) is 0 Å². The number of amidine groups is 1. The normalized spacial score (nSPS) is 15.5. The fourth-order valence-electron chi connectivity index (χ4n) is 3.39. The van der Waals surface area contributed by atoms with Gasteiger partial charge in [-0.25, -0.2) is 4.99 Å². The first-order valence-corrected chi connectivity index (χ1v) is 13.4. The highest BCUT2D eigenvalue weighted by Crippen LogP contribution is 2.37. The summed E-state index contributed by atoms with van der Waals surface area (Å²) in [5.74, 6) is 1.09. The average molecular weight is 619 g/mol. The number of aliphatic imine (C=N–C) groups is 1. The van der Waals surface area contributed by atoms with E-state index in [2.05, 4.69) is 39.8 Å². The predicted molar refractivity (Wildman–Crippen MR) is 153 cm³/mol. The molecule has 1 aliphatic rings. The van der Waals surface area contributed by atoms with Crippen LogP contribution in [0.2, 0.25) is 5.02 Å². The van der Waals surface area contributed by atoms with Crippen LogP contribution in [0, 0.1) is 3.57 Å². The zero-order valence-electron chi connectivity index (χ0n) is 19.3. The monoisotopic (exact) mass is 618 g/mol. The lowest BCUT2D eigenvalue weighted by Gasteiger charge is -2.15. The van der Waals surface area contributed by atoms with Crippen LogP contribution in [-0.4, -0.2) is 17.7 Å². The number of nitrogens with zero attached hydrogens (tertiary/aromatic N) is 1. The van der Waals surface area contributed by atoms with Crippen molar-refractivity contribution in [3.05, 3.63) is 90.9 Å². The molecule has 0 saturated carbocycles. The lowest BCUT2D eigenvalue weighted by molar-refractivity contribution is -0.115. The minimum absolute atomic E-state index is 0.175. The molecule has 1 saturated heterocycles. The third-order valence-electron chi connectivity index (χ3n) is 5.19. The molecule has 1 fully saturated rings. The number of amides is 1. The van der Waals surface area contributed by atoms with Crippen LogP contribution < -0.4 is 14.8 Å². The average Bonchev–Trinajstić information content (AvgIpc) is 3.18. The van der Waals surface area contributed by atoms with E-state index in [1.54, 1.807) is 0 Å². The molecule has 0 aromatic heterocycles. The smallest absolute Gasteiger partial charge is 0.264 e. The Kier molecular flexibility index (Phi) is 8.75. The molecule has 3 aromatic carbocycles. The van der Waals surface area contributed by atoms with Crippen molar-refractivity contribution in [3.63, 3.8) is 0 Å². The van der Waals surface area contributed by atoms with Gasteiger partial charge in [-0.1, -0.05) is 48.9 Å². The summed E-state index contributed by atoms with van der Waals surface area (Å²) in [7, 11) is 0. The molecule has 5 nitrogen and oxygen atoms in total. The lowest BCUT2D eigenvalue weighted by atomic mass is 10.1. The molecule has 1 heterocycles. The molecule has 1 aliphatic heterocycles. The highest BCUT2D eigenvalue weighted by Gasteiger charge is 2.24. The van der Waals surface area contributed by atoms with Gasteiger partial charge >= 0.3 is 0 Å². The predicted octanol–water partition coefficient (Wildman–Crippen LogP) is 7.38. The first-order valence-electron chi connectivity index (χ1n) is 11.2. The molecule has 3 aromatic rings. The Morgan fingerprint density at radius 1 is 1.09 bits per heavy atom. The Bertz CT molecular complexity index is 1290. The zero-order chi connectivity index (χ0) is 24.8. The molecule has 0 radical (unpaired) electrons. The van der Waals surface area contributed by atoms with E-state index >= 15 is 0 Å². The van der Waals surface area contributed by atoms with Crippen LogP contribution in [0.4, 0.5) is 5.69 Å². The molecule has 180 valence electrons. The molecular weight excluding hydrogens is 595 g/mol. The number of hydrogen-bond acceptors (Lipinski definition) is 5. The van der Waals surface area contributed by atoms with E-state index < -0.39 is 0 Å². The summed E-state index contributed by atoms with van der Waals surface area (Å²) in [4.78, 5) is 17.7. The van der Waals surface area contributed by atoms with Gasteiger partial charge in [0.2, 0.25) is 0 Å². The lowest BCUT2D eigenvalue weighted by Crippen LogP contribution is -2.19. The number of thioether (sulfide) groups is 1. The van der Waals surface area contributed by atoms with Crippen LogP contribution in [0.15, 0.2) is 70.6 Å². The number of rotatable bonds is 8. The molecule has 1 N–H and O–H groups in total. The third kappa shape index (κ3) is 6.59. The van der Waals surface area contributed by atoms with Crippen molar-refractivity contribution < 1.29 is 14.3 Å². The Labute approximate surface area is 228 Å². The van der Waals surface area contributed by atoms with E-state index in [0.29, 0.717) is 39.8 Å². The Hall–Kier alpha value is -2.49. The number of benzene rings is 3. The van der Waals surface area contributed by atoms with Crippen LogP contribution in [0.25, 0.3) is 6.08 Å². The Morgan fingerprint density at radius 2 is 1.86 bits per heavy atom. The highest BCUT2D eigenvalue weighted by molar-refractivity contribution is 14.1. The van der Waals surface area contributed by atoms with Gasteiger partial charge in [0.25, 0.3) is 5.91 Å². The van der Waals surface area contributed by atoms with Crippen LogP contribution >= 0.6 is 46.0 Å². The first kappa shape index (κ1) is 25.6. The van der Waals surface area contributed by atoms with Crippen molar-refractivity contribution in [2.45, 2.75) is 26.9 Å². The SMILES string of the molecule is CCOc1cc(/C=C2\SC(=Nc3ccc(CC)cc3)NC2=O)cc(I)c1OCc1ccccc1Cl. The molecule has 0 atom stereocenters. The first-order chi connectivity index (χ1) is 17.0. The molecular formula is C27H24ClIN2O3S. The van der Waals surface area contributed by atoms with Crippen LogP contribution in [0.5, 0.6) is 11.5 Å². The number of aryl methyl sites for hydroxylation is 1. The minimum Gasteiger partial charge on any atom is -0.490 e. The van der Waals surface area contributed by atoms with Crippen molar-refractivity contribution in [1.82, 2.24) is 5.32 Å². The summed E-state index contributed by atoms with van der Waals surface area (Å²) >= 11 is 9.81. The van der Waals surface area contributed by atoms with E-state index in [-0.39, 0.29) is 5.91 Å². The summed E-state index contributed by atoms with van der Waals surface area (Å²) in [6.45, 7) is 4.85. The van der Waals surface area contributed by atoms with Crippen LogP contribution in [0.1, 0.15) is 30.5 Å². The van der Waals surface area contributed by atoms with E-state index in [4.69, 9.17) is 21.1 Å². The van der Waals surface area contributed by atoms with Gasteiger partial charge in [0.1, 0.15) is 6.61 Å². The molecule has 1 amide bonds. The van der Waals surface area contributed by atoms with Gasteiger partial charge < -0.3 is 14.8 Å². The second kappa shape index (κ2) is 12.0. The number of carbonyl (C=O) groups excluding carboxylic acids is 1. The number of ether oxygens (including phenoxy) is 2. The molecule has 0 spiro atoms. The molecule has 8 heteroatoms. The van der Waals surface area contributed by atoms with Crippen molar-refractivity contribution >= 4 is 68.8 Å². The van der Waals surface area contributed by atoms with Crippen LogP contribution in [-0.2, 0) is 17.8 Å². The van der Waals surface area contributed by atoms with Gasteiger partial charge in [0, 0.05) is 10.6 Å². The number of hydrogen-bond donors (Lipinski definition) is 1. The maximum absolute atomic E-state index is 12.6. The summed E-state index contributed by atoms with van der Waals surface area (Å²) in [6, 6.07) is 19.4. The topological polar surface area (TPSA) is 59.9 Å². The van der Waals surface area contributed by atoms with Crippen LogP contribution in [0.3, 0.4) is 0 Å². The Balaban J connectivity index is 1.55. The summed E-state index contributed by atoms with van der Waals surface area (Å²) in [6.07, 6.45) is 2.81. The summed E-state index contributed by atoms with van der Waals surface area (Å²) in [5.41, 5.74) is 3.79. The fourth-order valence-corrected chi connectivity index (χ4v) is 5.21. The van der Waals surface area contributed by atoms with Gasteiger partial charge in [-0.3, -0.25) is 4.79 Å². The van der Waals surface area contributed by atoms with Gasteiger partial charge in [0.15, 0.2) is 16.7 Å². The van der Waals surface area contributed by atoms with E-state index in [0.717, 1.165) is 26.8 Å². The van der Waals surface area contributed by atoms with Gasteiger partial charge in [-0.2, -0.15) is 0 Å². The van der Waals surface area contributed by atoms with Crippen molar-refractivity contribution in [2.24, 2.45) is 4.99 Å². The maximum atomic E-state index is 12.6. The largest absolute Gasteiger partial charge is 0.490 e. The highest BCUT2D eigenvalue weighted by atomic mass is 127. The molecule has 4 rings (SSSR count). The third-order valence-corrected chi connectivity index (χ3v) is 7.27. The second-order valence-electron chi connectivity index (χ2n) is 7.64. The van der Waals surface area contributed by atoms with Crippen molar-refractivity contribution in [3.8, 4) is 11.5 Å². The van der Waals surface area contributed by atoms with Gasteiger partial charge in [0.05, 0.1) is 20.8 Å². The molecule has 0 unspecified atom stereocenters. The zero-order valence-corrected chi connectivity index (χ0v) is 23.0. The maximum Gasteiger partial charge on any atom is 0.264 e. The summed E-state index contributed by atoms with van der Waals surface area (Å²) < 4.78 is 12.8. The standard InChI is InChI=1S/C27H24ClIN2O3S/c1-3-17-9-11-20(12-10-17)30-27-31-26(32)24(35-27)15-18-13-22(29)25(23(14-18)33-4-2)34-16-19-7-5-6-8-21(19)28/h5-15H,3-4,16H2,1-2H3,(H,30,31,32)/b24-15-. The minimum atomic E-state index is -0.175. The fraction of sp³-hybridized carbons (Fsp3) is 0.185. The van der Waals surface area contributed by atoms with Crippen molar-refractivity contribution in [2.75, 3.05) is 6.61 Å². The van der Waals surface area contributed by atoms with Crippen molar-refractivity contribution in [1.29, 1.82) is 0 Å². The van der Waals surface area contributed by atoms with E-state index in [1.807, 2.05) is 73.7 Å². The second-order valence-corrected chi connectivity index (χ2v) is 10.2. The quantitative estimate of drug-likeness (QED) is 0.212. The number of carbonyl (C=O) groups is 1. The molecule has 35 heavy (non-hydrogen) atoms. The van der Waals surface area contributed by atoms with Gasteiger partial charge in [-0.05, 0) is 95.2 Å². The number of nitrogens with one attached hydrogen (secondary N) is 1. The molecule has 0 aliphatic carbocycles. The molecule has 0 bridgehead atoms. The Morgan fingerprint density at radius 3 is 2.57 bits per heavy atom. The number of halogens is 2. The van der Waals surface area contributed by atoms with E-state index in [1.165, 1.54) is 17.3 Å². The summed E-state index contributed by atoms with van der Waals surface area (Å²) in [5, 5.41) is 4.06. The van der Waals surface area contributed by atoms with E-state index in [9.17, 15) is 4.79 Å².